The summed E-state index contributed by atoms with van der Waals surface area (Å²) in [5.74, 6) is -1.50. The van der Waals surface area contributed by atoms with Crippen LogP contribution in [0.2, 0.25) is 0 Å². The molecule has 1 unspecified atom stereocenters. The SMILES string of the molecule is Cc1c(F)cccc1C1(C(=O)NO)C=C(c2ccc(F)cn2)CC1. The lowest BCUT2D eigenvalue weighted by Crippen LogP contribution is -2.41. The molecule has 1 aromatic carbocycles. The van der Waals surface area contributed by atoms with Gasteiger partial charge in [-0.25, -0.2) is 14.3 Å². The van der Waals surface area contributed by atoms with Gasteiger partial charge in [0.05, 0.1) is 17.3 Å². The van der Waals surface area contributed by atoms with Gasteiger partial charge in [0.25, 0.3) is 5.91 Å². The third kappa shape index (κ3) is 2.59. The molecule has 1 aliphatic carbocycles. The number of carbonyl (C=O) groups is 1. The Morgan fingerprint density at radius 2 is 2.08 bits per heavy atom. The van der Waals surface area contributed by atoms with E-state index in [2.05, 4.69) is 4.98 Å². The molecule has 0 saturated carbocycles. The first-order chi connectivity index (χ1) is 11.5. The minimum absolute atomic E-state index is 0.352. The van der Waals surface area contributed by atoms with E-state index in [1.807, 2.05) is 0 Å². The van der Waals surface area contributed by atoms with Crippen LogP contribution in [0.15, 0.2) is 42.6 Å². The first-order valence-corrected chi connectivity index (χ1v) is 7.52. The Labute approximate surface area is 137 Å². The molecule has 0 saturated heterocycles. The number of rotatable bonds is 3. The number of hydrogen-bond acceptors (Lipinski definition) is 3. The van der Waals surface area contributed by atoms with Crippen LogP contribution in [0.5, 0.6) is 0 Å². The maximum absolute atomic E-state index is 14.0. The number of pyridine rings is 1. The highest BCUT2D eigenvalue weighted by molar-refractivity contribution is 5.94. The molecule has 1 aliphatic rings. The zero-order valence-corrected chi connectivity index (χ0v) is 13.0. The second-order valence-corrected chi connectivity index (χ2v) is 5.86. The Morgan fingerprint density at radius 1 is 1.29 bits per heavy atom. The van der Waals surface area contributed by atoms with Gasteiger partial charge in [-0.3, -0.25) is 15.0 Å². The van der Waals surface area contributed by atoms with Crippen LogP contribution >= 0.6 is 0 Å². The lowest BCUT2D eigenvalue weighted by molar-refractivity contribution is -0.133. The van der Waals surface area contributed by atoms with E-state index in [0.717, 1.165) is 11.8 Å². The molecular formula is C18H16F2N2O2. The van der Waals surface area contributed by atoms with Gasteiger partial charge in [-0.15, -0.1) is 0 Å². The van der Waals surface area contributed by atoms with Crippen molar-refractivity contribution >= 4 is 11.5 Å². The van der Waals surface area contributed by atoms with Crippen LogP contribution in [-0.2, 0) is 10.2 Å². The van der Waals surface area contributed by atoms with Gasteiger partial charge in [-0.05, 0) is 54.7 Å². The zero-order valence-electron chi connectivity index (χ0n) is 13.0. The van der Waals surface area contributed by atoms with Crippen LogP contribution in [-0.4, -0.2) is 16.1 Å². The summed E-state index contributed by atoms with van der Waals surface area (Å²) < 4.78 is 27.0. The summed E-state index contributed by atoms with van der Waals surface area (Å²) in [6.45, 7) is 1.60. The largest absolute Gasteiger partial charge is 0.289 e. The Morgan fingerprint density at radius 3 is 2.75 bits per heavy atom. The molecule has 0 bridgehead atoms. The van der Waals surface area contributed by atoms with Gasteiger partial charge in [-0.2, -0.15) is 0 Å². The number of allylic oxidation sites excluding steroid dienone is 1. The molecule has 1 amide bonds. The summed E-state index contributed by atoms with van der Waals surface area (Å²) in [5.41, 5.74) is 2.65. The second-order valence-electron chi connectivity index (χ2n) is 5.86. The second kappa shape index (κ2) is 6.13. The van der Waals surface area contributed by atoms with Crippen molar-refractivity contribution in [1.29, 1.82) is 0 Å². The van der Waals surface area contributed by atoms with Gasteiger partial charge in [0.2, 0.25) is 0 Å². The molecule has 0 radical (unpaired) electrons. The number of nitrogens with zero attached hydrogens (tertiary/aromatic N) is 1. The Hall–Kier alpha value is -2.60. The topological polar surface area (TPSA) is 62.2 Å². The monoisotopic (exact) mass is 330 g/mol. The fourth-order valence-electron chi connectivity index (χ4n) is 3.25. The quantitative estimate of drug-likeness (QED) is 0.670. The molecule has 0 fully saturated rings. The third-order valence-electron chi connectivity index (χ3n) is 4.52. The van der Waals surface area contributed by atoms with Crippen LogP contribution in [0.25, 0.3) is 5.57 Å². The molecule has 0 aliphatic heterocycles. The maximum Gasteiger partial charge on any atom is 0.257 e. The molecule has 4 nitrogen and oxygen atoms in total. The van der Waals surface area contributed by atoms with Gasteiger partial charge in [0, 0.05) is 0 Å². The predicted molar refractivity (Wildman–Crippen MR) is 84.2 cm³/mol. The first-order valence-electron chi connectivity index (χ1n) is 7.52. The summed E-state index contributed by atoms with van der Waals surface area (Å²) in [6, 6.07) is 7.36. The number of hydrogen-bond donors (Lipinski definition) is 2. The summed E-state index contributed by atoms with van der Waals surface area (Å²) >= 11 is 0. The van der Waals surface area contributed by atoms with E-state index in [-0.39, 0.29) is 0 Å². The van der Waals surface area contributed by atoms with E-state index < -0.39 is 23.0 Å². The average molecular weight is 330 g/mol. The van der Waals surface area contributed by atoms with Gasteiger partial charge >= 0.3 is 0 Å². The summed E-state index contributed by atoms with van der Waals surface area (Å²) in [6.07, 6.45) is 3.65. The fraction of sp³-hybridized carbons (Fsp3) is 0.222. The van der Waals surface area contributed by atoms with Gasteiger partial charge in [-0.1, -0.05) is 18.2 Å². The molecule has 3 rings (SSSR count). The lowest BCUT2D eigenvalue weighted by Gasteiger charge is -2.27. The van der Waals surface area contributed by atoms with E-state index in [0.29, 0.717) is 29.7 Å². The van der Waals surface area contributed by atoms with Crippen LogP contribution in [0.4, 0.5) is 8.78 Å². The molecule has 2 N–H and O–H groups in total. The smallest absolute Gasteiger partial charge is 0.257 e. The van der Waals surface area contributed by atoms with Crippen molar-refractivity contribution in [2.45, 2.75) is 25.2 Å². The van der Waals surface area contributed by atoms with Crippen molar-refractivity contribution in [2.75, 3.05) is 0 Å². The van der Waals surface area contributed by atoms with Crippen molar-refractivity contribution in [1.82, 2.24) is 10.5 Å². The summed E-state index contributed by atoms with van der Waals surface area (Å²) in [7, 11) is 0. The fourth-order valence-corrected chi connectivity index (χ4v) is 3.25. The highest BCUT2D eigenvalue weighted by Crippen LogP contribution is 2.44. The number of hydroxylamine groups is 1. The maximum atomic E-state index is 14.0. The molecule has 24 heavy (non-hydrogen) atoms. The van der Waals surface area contributed by atoms with Crippen LogP contribution < -0.4 is 5.48 Å². The molecule has 0 spiro atoms. The minimum Gasteiger partial charge on any atom is -0.289 e. The molecular weight excluding hydrogens is 314 g/mol. The van der Waals surface area contributed by atoms with Crippen LogP contribution in [0.1, 0.15) is 29.7 Å². The Bertz CT molecular complexity index is 818. The minimum atomic E-state index is -1.19. The molecule has 124 valence electrons. The highest BCUT2D eigenvalue weighted by Gasteiger charge is 2.43. The normalized spacial score (nSPS) is 19.9. The van der Waals surface area contributed by atoms with Crippen LogP contribution in [0.3, 0.4) is 0 Å². The van der Waals surface area contributed by atoms with Gasteiger partial charge in [0.15, 0.2) is 0 Å². The first kappa shape index (κ1) is 16.3. The summed E-state index contributed by atoms with van der Waals surface area (Å²) in [4.78, 5) is 16.5. The van der Waals surface area contributed by atoms with E-state index >= 15 is 0 Å². The van der Waals surface area contributed by atoms with Crippen molar-refractivity contribution in [2.24, 2.45) is 0 Å². The highest BCUT2D eigenvalue weighted by atomic mass is 19.1. The van der Waals surface area contributed by atoms with Crippen LogP contribution in [0, 0.1) is 18.6 Å². The number of amides is 1. The lowest BCUT2D eigenvalue weighted by atomic mass is 9.77. The molecule has 1 atom stereocenters. The number of carbonyl (C=O) groups excluding carboxylic acids is 1. The number of benzene rings is 1. The molecule has 1 aromatic heterocycles. The number of aromatic nitrogens is 1. The standard InChI is InChI=1S/C18H16F2N2O2/c1-11-14(3-2-4-15(11)20)18(17(23)22-24)8-7-12(9-18)16-6-5-13(19)10-21-16/h2-6,9-10,24H,7-8H2,1H3,(H,22,23). The van der Waals surface area contributed by atoms with Gasteiger partial charge in [0.1, 0.15) is 11.6 Å². The van der Waals surface area contributed by atoms with E-state index in [1.165, 1.54) is 24.3 Å². The average Bonchev–Trinajstić information content (AvgIpc) is 3.03. The Kier molecular flexibility index (Phi) is 4.15. The predicted octanol–water partition coefficient (Wildman–Crippen LogP) is 3.29. The van der Waals surface area contributed by atoms with E-state index in [9.17, 15) is 18.8 Å². The van der Waals surface area contributed by atoms with Crippen molar-refractivity contribution in [3.8, 4) is 0 Å². The number of halogens is 2. The zero-order chi connectivity index (χ0) is 17.3. The van der Waals surface area contributed by atoms with Crippen molar-refractivity contribution in [3.63, 3.8) is 0 Å². The number of nitrogens with one attached hydrogen (secondary N) is 1. The van der Waals surface area contributed by atoms with E-state index in [1.54, 1.807) is 24.5 Å². The third-order valence-corrected chi connectivity index (χ3v) is 4.52. The molecule has 1 heterocycles. The molecule has 2 aromatic rings. The summed E-state index contributed by atoms with van der Waals surface area (Å²) in [5, 5.41) is 9.19. The van der Waals surface area contributed by atoms with E-state index in [4.69, 9.17) is 0 Å². The van der Waals surface area contributed by atoms with Gasteiger partial charge < -0.3 is 0 Å². The Balaban J connectivity index is 2.13. The molecule has 6 heteroatoms. The van der Waals surface area contributed by atoms with Crippen molar-refractivity contribution in [3.05, 3.63) is 71.1 Å². The van der Waals surface area contributed by atoms with Crippen molar-refractivity contribution < 1.29 is 18.8 Å².